The molecular formula is C18H15ClN2O3S. The Hall–Kier alpha value is -2.31. The van der Waals surface area contributed by atoms with Gasteiger partial charge >= 0.3 is 5.97 Å². The molecule has 128 valence electrons. The number of carboxylic acid groups (broad SMARTS) is 1. The van der Waals surface area contributed by atoms with Crippen molar-refractivity contribution in [3.63, 3.8) is 0 Å². The van der Waals surface area contributed by atoms with Crippen molar-refractivity contribution < 1.29 is 14.3 Å². The smallest absolute Gasteiger partial charge is 0.314 e. The number of pyridine rings is 1. The van der Waals surface area contributed by atoms with Crippen LogP contribution < -0.4 is 0 Å². The molecule has 0 aliphatic heterocycles. The van der Waals surface area contributed by atoms with Gasteiger partial charge < -0.3 is 9.52 Å². The third kappa shape index (κ3) is 4.03. The van der Waals surface area contributed by atoms with E-state index in [4.69, 9.17) is 16.0 Å². The first-order chi connectivity index (χ1) is 12.1. The highest BCUT2D eigenvalue weighted by Crippen LogP contribution is 2.37. The lowest BCUT2D eigenvalue weighted by atomic mass is 10.0. The van der Waals surface area contributed by atoms with Crippen molar-refractivity contribution in [3.05, 3.63) is 65.1 Å². The molecular weight excluding hydrogens is 360 g/mol. The summed E-state index contributed by atoms with van der Waals surface area (Å²) >= 11 is 7.64. The van der Waals surface area contributed by atoms with E-state index in [2.05, 4.69) is 9.97 Å². The molecule has 3 rings (SSSR count). The number of hydrogen-bond acceptors (Lipinski definition) is 5. The van der Waals surface area contributed by atoms with Crippen molar-refractivity contribution in [2.75, 3.05) is 0 Å². The molecule has 0 saturated heterocycles. The number of aromatic nitrogens is 2. The average Bonchev–Trinajstić information content (AvgIpc) is 3.04. The van der Waals surface area contributed by atoms with Gasteiger partial charge in [-0.3, -0.25) is 9.78 Å². The second kappa shape index (κ2) is 7.72. The largest absolute Gasteiger partial charge is 0.481 e. The predicted octanol–water partition coefficient (Wildman–Crippen LogP) is 4.87. The third-order valence-corrected chi connectivity index (χ3v) is 4.84. The van der Waals surface area contributed by atoms with Crippen LogP contribution in [0, 0.1) is 0 Å². The Morgan fingerprint density at radius 1 is 1.32 bits per heavy atom. The molecule has 7 heteroatoms. The van der Waals surface area contributed by atoms with Gasteiger partial charge in [0.05, 0.1) is 5.02 Å². The molecule has 0 radical (unpaired) electrons. The molecule has 5 nitrogen and oxygen atoms in total. The molecule has 1 unspecified atom stereocenters. The molecule has 0 aliphatic carbocycles. The average molecular weight is 375 g/mol. The van der Waals surface area contributed by atoms with E-state index < -0.39 is 11.9 Å². The van der Waals surface area contributed by atoms with E-state index in [0.29, 0.717) is 33.0 Å². The minimum Gasteiger partial charge on any atom is -0.481 e. The fourth-order valence-electron chi connectivity index (χ4n) is 2.25. The van der Waals surface area contributed by atoms with E-state index in [1.807, 2.05) is 24.3 Å². The van der Waals surface area contributed by atoms with Crippen LogP contribution >= 0.6 is 23.4 Å². The zero-order chi connectivity index (χ0) is 17.8. The molecule has 1 aromatic carbocycles. The van der Waals surface area contributed by atoms with Gasteiger partial charge in [-0.25, -0.2) is 4.98 Å². The maximum Gasteiger partial charge on any atom is 0.314 e. The highest BCUT2D eigenvalue weighted by molar-refractivity contribution is 7.98. The Bertz CT molecular complexity index is 883. The zero-order valence-corrected chi connectivity index (χ0v) is 14.9. The van der Waals surface area contributed by atoms with Gasteiger partial charge in [0.2, 0.25) is 0 Å². The second-order valence-corrected chi connectivity index (χ2v) is 6.72. The molecule has 1 N–H and O–H groups in total. The lowest BCUT2D eigenvalue weighted by Gasteiger charge is -2.06. The summed E-state index contributed by atoms with van der Waals surface area (Å²) in [5.74, 6) is -0.883. The van der Waals surface area contributed by atoms with E-state index in [9.17, 15) is 9.90 Å². The normalized spacial score (nSPS) is 12.1. The number of carbonyl (C=O) groups is 1. The van der Waals surface area contributed by atoms with Gasteiger partial charge in [-0.15, -0.1) is 0 Å². The van der Waals surface area contributed by atoms with Crippen molar-refractivity contribution in [1.82, 2.24) is 9.97 Å². The Kier molecular flexibility index (Phi) is 5.40. The van der Waals surface area contributed by atoms with Crippen molar-refractivity contribution in [2.45, 2.75) is 23.8 Å². The van der Waals surface area contributed by atoms with Crippen molar-refractivity contribution in [1.29, 1.82) is 0 Å². The topological polar surface area (TPSA) is 76.2 Å². The predicted molar refractivity (Wildman–Crippen MR) is 96.8 cm³/mol. The van der Waals surface area contributed by atoms with E-state index >= 15 is 0 Å². The summed E-state index contributed by atoms with van der Waals surface area (Å²) in [6, 6.07) is 11.0. The van der Waals surface area contributed by atoms with Gasteiger partial charge in [-0.05, 0) is 24.6 Å². The quantitative estimate of drug-likeness (QED) is 0.620. The van der Waals surface area contributed by atoms with Gasteiger partial charge in [-0.1, -0.05) is 47.6 Å². The van der Waals surface area contributed by atoms with E-state index in [1.54, 1.807) is 31.5 Å². The summed E-state index contributed by atoms with van der Waals surface area (Å²) in [6.07, 6.45) is 3.48. The molecule has 25 heavy (non-hydrogen) atoms. The summed E-state index contributed by atoms with van der Waals surface area (Å²) in [7, 11) is 0. The number of aliphatic carboxylic acids is 1. The summed E-state index contributed by atoms with van der Waals surface area (Å²) in [5.41, 5.74) is 2.15. The van der Waals surface area contributed by atoms with Crippen LogP contribution in [0.15, 0.2) is 58.4 Å². The highest BCUT2D eigenvalue weighted by atomic mass is 35.5. The van der Waals surface area contributed by atoms with Crippen LogP contribution in [0.3, 0.4) is 0 Å². The standard InChI is InChI=1S/C18H15ClN2O3S/c1-11(17(22)23)16-15(13-6-2-3-7-14(13)19)21-18(24-16)25-10-12-5-4-8-20-9-12/h2-9,11H,10H2,1H3,(H,22,23). The van der Waals surface area contributed by atoms with Crippen molar-refractivity contribution in [2.24, 2.45) is 0 Å². The van der Waals surface area contributed by atoms with Gasteiger partial charge in [0.25, 0.3) is 5.22 Å². The molecule has 0 bridgehead atoms. The van der Waals surface area contributed by atoms with Crippen molar-refractivity contribution >= 4 is 29.3 Å². The van der Waals surface area contributed by atoms with Crippen LogP contribution in [0.2, 0.25) is 5.02 Å². The first kappa shape index (κ1) is 17.5. The number of carboxylic acids is 1. The number of thioether (sulfide) groups is 1. The molecule has 0 aliphatic rings. The Morgan fingerprint density at radius 2 is 2.12 bits per heavy atom. The minimum absolute atomic E-state index is 0.300. The fourth-order valence-corrected chi connectivity index (χ4v) is 3.24. The molecule has 0 fully saturated rings. The van der Waals surface area contributed by atoms with Crippen LogP contribution in [0.4, 0.5) is 0 Å². The Morgan fingerprint density at radius 3 is 2.80 bits per heavy atom. The SMILES string of the molecule is CC(C(=O)O)c1oc(SCc2cccnc2)nc1-c1ccccc1Cl. The first-order valence-corrected chi connectivity index (χ1v) is 8.92. The zero-order valence-electron chi connectivity index (χ0n) is 13.3. The number of nitrogens with zero attached hydrogens (tertiary/aromatic N) is 2. The fraction of sp³-hybridized carbons (Fsp3) is 0.167. The number of rotatable bonds is 6. The number of benzene rings is 1. The number of oxazole rings is 1. The molecule has 0 spiro atoms. The third-order valence-electron chi connectivity index (χ3n) is 3.61. The summed E-state index contributed by atoms with van der Waals surface area (Å²) in [4.78, 5) is 20.0. The minimum atomic E-state index is -0.978. The lowest BCUT2D eigenvalue weighted by Crippen LogP contribution is -2.07. The van der Waals surface area contributed by atoms with Crippen molar-refractivity contribution in [3.8, 4) is 11.3 Å². The first-order valence-electron chi connectivity index (χ1n) is 7.56. The second-order valence-electron chi connectivity index (χ2n) is 5.38. The van der Waals surface area contributed by atoms with Gasteiger partial charge in [-0.2, -0.15) is 0 Å². The lowest BCUT2D eigenvalue weighted by molar-refractivity contribution is -0.138. The molecule has 2 aromatic heterocycles. The molecule has 0 amide bonds. The maximum absolute atomic E-state index is 11.4. The van der Waals surface area contributed by atoms with Gasteiger partial charge in [0.15, 0.2) is 0 Å². The monoisotopic (exact) mass is 374 g/mol. The Balaban J connectivity index is 1.94. The molecule has 1 atom stereocenters. The summed E-state index contributed by atoms with van der Waals surface area (Å²) in [5, 5.41) is 10.3. The van der Waals surface area contributed by atoms with E-state index in [-0.39, 0.29) is 0 Å². The van der Waals surface area contributed by atoms with Crippen LogP contribution in [-0.2, 0) is 10.5 Å². The number of hydrogen-bond donors (Lipinski definition) is 1. The molecule has 0 saturated carbocycles. The van der Waals surface area contributed by atoms with Crippen LogP contribution in [0.1, 0.15) is 24.2 Å². The van der Waals surface area contributed by atoms with Gasteiger partial charge in [0.1, 0.15) is 17.4 Å². The van der Waals surface area contributed by atoms with Crippen LogP contribution in [0.5, 0.6) is 0 Å². The van der Waals surface area contributed by atoms with Crippen LogP contribution in [0.25, 0.3) is 11.3 Å². The van der Waals surface area contributed by atoms with Crippen LogP contribution in [-0.4, -0.2) is 21.0 Å². The molecule has 2 heterocycles. The van der Waals surface area contributed by atoms with Gasteiger partial charge in [0, 0.05) is 23.7 Å². The van der Waals surface area contributed by atoms with E-state index in [0.717, 1.165) is 5.56 Å². The maximum atomic E-state index is 11.4. The Labute approximate surface area is 154 Å². The summed E-state index contributed by atoms with van der Waals surface area (Å²) in [6.45, 7) is 1.57. The number of halogens is 1. The highest BCUT2D eigenvalue weighted by Gasteiger charge is 2.26. The molecule has 3 aromatic rings. The van der Waals surface area contributed by atoms with E-state index in [1.165, 1.54) is 11.8 Å². The summed E-state index contributed by atoms with van der Waals surface area (Å²) < 4.78 is 5.76.